The van der Waals surface area contributed by atoms with Crippen LogP contribution in [0.5, 0.6) is 0 Å². The van der Waals surface area contributed by atoms with Gasteiger partial charge in [0.2, 0.25) is 0 Å². The number of nitrogens with one attached hydrogen (secondary N) is 1. The molecule has 5 nitrogen and oxygen atoms in total. The van der Waals surface area contributed by atoms with E-state index in [9.17, 15) is 9.59 Å². The smallest absolute Gasteiger partial charge is 0.307 e. The zero-order valence-corrected chi connectivity index (χ0v) is 15.1. The lowest BCUT2D eigenvalue weighted by Crippen LogP contribution is -2.30. The number of fused-ring (bicyclic) bond motifs is 1. The van der Waals surface area contributed by atoms with Crippen molar-refractivity contribution in [2.24, 2.45) is 0 Å². The highest BCUT2D eigenvalue weighted by molar-refractivity contribution is 9.10. The highest BCUT2D eigenvalue weighted by atomic mass is 79.9. The van der Waals surface area contributed by atoms with E-state index in [0.717, 1.165) is 15.4 Å². The molecule has 0 aliphatic carbocycles. The van der Waals surface area contributed by atoms with Gasteiger partial charge >= 0.3 is 5.97 Å². The van der Waals surface area contributed by atoms with E-state index in [1.165, 1.54) is 7.11 Å². The fourth-order valence-corrected chi connectivity index (χ4v) is 2.78. The standard InChI is InChI=1S/C19H16BrNO4/c1-24-18(22)11-15(12-6-8-14(20)9-7-12)21-19(23)17-10-13-4-2-3-5-16(13)25-17/h2-10,15H,11H2,1H3,(H,21,23). The normalized spacial score (nSPS) is 11.9. The Hall–Kier alpha value is -2.60. The Kier molecular flexibility index (Phi) is 5.19. The number of ether oxygens (including phenoxy) is 1. The molecule has 1 amide bonds. The van der Waals surface area contributed by atoms with Gasteiger partial charge in [-0.05, 0) is 29.8 Å². The number of para-hydroxylation sites is 1. The van der Waals surface area contributed by atoms with Gasteiger partial charge in [0.05, 0.1) is 19.6 Å². The van der Waals surface area contributed by atoms with E-state index in [0.29, 0.717) is 5.58 Å². The molecule has 1 unspecified atom stereocenters. The van der Waals surface area contributed by atoms with Crippen molar-refractivity contribution >= 4 is 38.8 Å². The van der Waals surface area contributed by atoms with Crippen molar-refractivity contribution in [1.82, 2.24) is 5.32 Å². The molecule has 0 radical (unpaired) electrons. The predicted octanol–water partition coefficient (Wildman–Crippen LogP) is 4.23. The maximum atomic E-state index is 12.6. The van der Waals surface area contributed by atoms with E-state index in [1.54, 1.807) is 12.1 Å². The van der Waals surface area contributed by atoms with Gasteiger partial charge in [0.1, 0.15) is 5.58 Å². The lowest BCUT2D eigenvalue weighted by molar-refractivity contribution is -0.141. The Bertz CT molecular complexity index is 868. The summed E-state index contributed by atoms with van der Waals surface area (Å²) in [5.74, 6) is -0.584. The number of methoxy groups -OCH3 is 1. The maximum Gasteiger partial charge on any atom is 0.307 e. The van der Waals surface area contributed by atoms with Crippen LogP contribution in [-0.4, -0.2) is 19.0 Å². The molecule has 3 rings (SSSR count). The van der Waals surface area contributed by atoms with Crippen molar-refractivity contribution in [2.45, 2.75) is 12.5 Å². The number of furan rings is 1. The quantitative estimate of drug-likeness (QED) is 0.649. The van der Waals surface area contributed by atoms with Crippen LogP contribution < -0.4 is 5.32 Å². The van der Waals surface area contributed by atoms with Crippen LogP contribution in [0.15, 0.2) is 63.5 Å². The van der Waals surface area contributed by atoms with Crippen molar-refractivity contribution in [3.8, 4) is 0 Å². The first-order chi connectivity index (χ1) is 12.1. The number of carbonyl (C=O) groups excluding carboxylic acids is 2. The fraction of sp³-hybridized carbons (Fsp3) is 0.158. The molecule has 0 saturated carbocycles. The monoisotopic (exact) mass is 401 g/mol. The van der Waals surface area contributed by atoms with Gasteiger partial charge < -0.3 is 14.5 Å². The predicted molar refractivity (Wildman–Crippen MR) is 97.2 cm³/mol. The number of hydrogen-bond donors (Lipinski definition) is 1. The zero-order chi connectivity index (χ0) is 17.8. The molecule has 1 atom stereocenters. The van der Waals surface area contributed by atoms with Gasteiger partial charge in [-0.15, -0.1) is 0 Å². The minimum Gasteiger partial charge on any atom is -0.469 e. The molecule has 0 saturated heterocycles. The van der Waals surface area contributed by atoms with Crippen LogP contribution in [0.4, 0.5) is 0 Å². The van der Waals surface area contributed by atoms with Gasteiger partial charge in [-0.25, -0.2) is 0 Å². The zero-order valence-electron chi connectivity index (χ0n) is 13.5. The SMILES string of the molecule is COC(=O)CC(NC(=O)c1cc2ccccc2o1)c1ccc(Br)cc1. The number of rotatable bonds is 5. The third kappa shape index (κ3) is 4.09. The van der Waals surface area contributed by atoms with E-state index in [1.807, 2.05) is 42.5 Å². The second kappa shape index (κ2) is 7.53. The molecular formula is C19H16BrNO4. The molecule has 0 spiro atoms. The van der Waals surface area contributed by atoms with Gasteiger partial charge in [-0.3, -0.25) is 9.59 Å². The Balaban J connectivity index is 1.84. The first kappa shape index (κ1) is 17.2. The fourth-order valence-electron chi connectivity index (χ4n) is 2.52. The highest BCUT2D eigenvalue weighted by Crippen LogP contribution is 2.23. The molecule has 0 bridgehead atoms. The number of carbonyl (C=O) groups is 2. The third-order valence-electron chi connectivity index (χ3n) is 3.83. The van der Waals surface area contributed by atoms with Crippen molar-refractivity contribution < 1.29 is 18.7 Å². The summed E-state index contributed by atoms with van der Waals surface area (Å²) in [6, 6.07) is 16.0. The van der Waals surface area contributed by atoms with Gasteiger partial charge in [0.15, 0.2) is 5.76 Å². The van der Waals surface area contributed by atoms with Crippen LogP contribution in [0, 0.1) is 0 Å². The molecule has 0 aliphatic heterocycles. The minimum absolute atomic E-state index is 0.0318. The van der Waals surface area contributed by atoms with Gasteiger partial charge in [-0.2, -0.15) is 0 Å². The number of hydrogen-bond acceptors (Lipinski definition) is 4. The number of amides is 1. The number of halogens is 1. The summed E-state index contributed by atoms with van der Waals surface area (Å²) >= 11 is 3.37. The highest BCUT2D eigenvalue weighted by Gasteiger charge is 2.21. The Morgan fingerprint density at radius 1 is 1.16 bits per heavy atom. The van der Waals surface area contributed by atoms with Crippen LogP contribution in [0.1, 0.15) is 28.6 Å². The van der Waals surface area contributed by atoms with Crippen molar-refractivity contribution in [3.63, 3.8) is 0 Å². The van der Waals surface area contributed by atoms with Crippen molar-refractivity contribution in [1.29, 1.82) is 0 Å². The summed E-state index contributed by atoms with van der Waals surface area (Å²) in [4.78, 5) is 24.3. The van der Waals surface area contributed by atoms with Crippen molar-refractivity contribution in [3.05, 3.63) is 70.4 Å². The Morgan fingerprint density at radius 3 is 2.56 bits per heavy atom. The van der Waals surface area contributed by atoms with Gasteiger partial charge in [-0.1, -0.05) is 46.3 Å². The summed E-state index contributed by atoms with van der Waals surface area (Å²) in [5.41, 5.74) is 1.44. The molecule has 1 aromatic heterocycles. The van der Waals surface area contributed by atoms with Crippen LogP contribution in [0.25, 0.3) is 11.0 Å². The van der Waals surface area contributed by atoms with Crippen molar-refractivity contribution in [2.75, 3.05) is 7.11 Å². The average molecular weight is 402 g/mol. The third-order valence-corrected chi connectivity index (χ3v) is 4.35. The lowest BCUT2D eigenvalue weighted by Gasteiger charge is -2.17. The van der Waals surface area contributed by atoms with Crippen LogP contribution in [0.2, 0.25) is 0 Å². The molecule has 2 aromatic carbocycles. The first-order valence-corrected chi connectivity index (χ1v) is 8.48. The first-order valence-electron chi connectivity index (χ1n) is 7.68. The summed E-state index contributed by atoms with van der Waals surface area (Å²) in [6.45, 7) is 0. The summed E-state index contributed by atoms with van der Waals surface area (Å²) < 4.78 is 11.2. The maximum absolute atomic E-state index is 12.6. The van der Waals surface area contributed by atoms with E-state index < -0.39 is 12.0 Å². The molecular weight excluding hydrogens is 386 g/mol. The Morgan fingerprint density at radius 2 is 1.88 bits per heavy atom. The molecule has 0 fully saturated rings. The molecule has 0 aliphatic rings. The number of benzene rings is 2. The minimum atomic E-state index is -0.513. The second-order valence-corrected chi connectivity index (χ2v) is 6.42. The Labute approximate surface area is 153 Å². The van der Waals surface area contributed by atoms with E-state index >= 15 is 0 Å². The van der Waals surface area contributed by atoms with E-state index in [2.05, 4.69) is 21.2 Å². The van der Waals surface area contributed by atoms with E-state index in [-0.39, 0.29) is 18.1 Å². The van der Waals surface area contributed by atoms with Gasteiger partial charge in [0, 0.05) is 9.86 Å². The molecule has 1 N–H and O–H groups in total. The van der Waals surface area contributed by atoms with Crippen LogP contribution in [-0.2, 0) is 9.53 Å². The molecule has 25 heavy (non-hydrogen) atoms. The van der Waals surface area contributed by atoms with Gasteiger partial charge in [0.25, 0.3) is 5.91 Å². The average Bonchev–Trinajstić information content (AvgIpc) is 3.06. The summed E-state index contributed by atoms with van der Waals surface area (Å²) in [7, 11) is 1.32. The summed E-state index contributed by atoms with van der Waals surface area (Å²) in [5, 5.41) is 3.69. The molecule has 6 heteroatoms. The number of esters is 1. The molecule has 3 aromatic rings. The largest absolute Gasteiger partial charge is 0.469 e. The molecule has 128 valence electrons. The van der Waals surface area contributed by atoms with Crippen LogP contribution >= 0.6 is 15.9 Å². The second-order valence-electron chi connectivity index (χ2n) is 5.51. The molecule has 1 heterocycles. The lowest BCUT2D eigenvalue weighted by atomic mass is 10.0. The topological polar surface area (TPSA) is 68.5 Å². The summed E-state index contributed by atoms with van der Waals surface area (Å²) in [6.07, 6.45) is 0.0318. The van der Waals surface area contributed by atoms with Crippen LogP contribution in [0.3, 0.4) is 0 Å². The van der Waals surface area contributed by atoms with E-state index in [4.69, 9.17) is 9.15 Å².